The summed E-state index contributed by atoms with van der Waals surface area (Å²) in [6, 6.07) is 0. The van der Waals surface area contributed by atoms with Crippen LogP contribution in [0.3, 0.4) is 0 Å². The van der Waals surface area contributed by atoms with Crippen LogP contribution < -0.4 is 0 Å². The van der Waals surface area contributed by atoms with Crippen LogP contribution in [-0.2, 0) is 4.79 Å². The molecule has 0 bridgehead atoms. The normalized spacial score (nSPS) is 24.8. The molecular formula is C12H21NO. The molecule has 0 unspecified atom stereocenters. The van der Waals surface area contributed by atoms with Gasteiger partial charge in [-0.05, 0) is 37.5 Å². The summed E-state index contributed by atoms with van der Waals surface area (Å²) in [7, 11) is 0. The zero-order valence-corrected chi connectivity index (χ0v) is 9.22. The van der Waals surface area contributed by atoms with Crippen molar-refractivity contribution in [3.8, 4) is 0 Å². The van der Waals surface area contributed by atoms with Crippen molar-refractivity contribution in [2.24, 2.45) is 5.41 Å². The summed E-state index contributed by atoms with van der Waals surface area (Å²) >= 11 is 0. The summed E-state index contributed by atoms with van der Waals surface area (Å²) in [6.07, 6.45) is 8.52. The van der Waals surface area contributed by atoms with Gasteiger partial charge >= 0.3 is 0 Å². The lowest BCUT2D eigenvalue weighted by atomic mass is 9.63. The quantitative estimate of drug-likeness (QED) is 0.663. The van der Waals surface area contributed by atoms with E-state index in [0.717, 1.165) is 25.9 Å². The summed E-state index contributed by atoms with van der Waals surface area (Å²) in [4.78, 5) is 13.7. The summed E-state index contributed by atoms with van der Waals surface area (Å²) in [5.74, 6) is 0.377. The van der Waals surface area contributed by atoms with E-state index in [1.807, 2.05) is 0 Å². The molecule has 0 aromatic heterocycles. The molecule has 0 atom stereocenters. The molecular weight excluding hydrogens is 174 g/mol. The molecule has 2 nitrogen and oxygen atoms in total. The zero-order valence-electron chi connectivity index (χ0n) is 9.22. The first-order valence-electron chi connectivity index (χ1n) is 6.04. The lowest BCUT2D eigenvalue weighted by molar-refractivity contribution is -0.134. The summed E-state index contributed by atoms with van der Waals surface area (Å²) in [5.41, 5.74) is 0.670. The Morgan fingerprint density at radius 3 is 2.29 bits per heavy atom. The Hall–Kier alpha value is -0.530. The Balaban J connectivity index is 1.80. The van der Waals surface area contributed by atoms with Crippen LogP contribution in [-0.4, -0.2) is 23.9 Å². The molecule has 2 fully saturated rings. The fourth-order valence-corrected chi connectivity index (χ4v) is 2.78. The Morgan fingerprint density at radius 1 is 1.21 bits per heavy atom. The average molecular weight is 195 g/mol. The van der Waals surface area contributed by atoms with Crippen molar-refractivity contribution in [1.29, 1.82) is 0 Å². The fraction of sp³-hybridized carbons (Fsp3) is 0.917. The minimum absolute atomic E-state index is 0.377. The van der Waals surface area contributed by atoms with Crippen molar-refractivity contribution < 1.29 is 4.79 Å². The Kier molecular flexibility index (Phi) is 2.80. The van der Waals surface area contributed by atoms with Gasteiger partial charge in [0, 0.05) is 19.5 Å². The first-order valence-corrected chi connectivity index (χ1v) is 6.04. The van der Waals surface area contributed by atoms with Crippen molar-refractivity contribution in [2.45, 2.75) is 51.9 Å². The monoisotopic (exact) mass is 195 g/mol. The van der Waals surface area contributed by atoms with Crippen molar-refractivity contribution >= 4 is 5.91 Å². The standard InChI is InChI=1S/C12H21NO/c1-2-4-11(14)13-9-7-12(8-10-13)5-3-6-12/h2-10H2,1H3. The molecule has 0 aromatic rings. The van der Waals surface area contributed by atoms with E-state index in [-0.39, 0.29) is 0 Å². The van der Waals surface area contributed by atoms with Crippen LogP contribution in [0.2, 0.25) is 0 Å². The van der Waals surface area contributed by atoms with Gasteiger partial charge in [0.1, 0.15) is 0 Å². The second kappa shape index (κ2) is 3.92. The van der Waals surface area contributed by atoms with Crippen LogP contribution >= 0.6 is 0 Å². The van der Waals surface area contributed by atoms with E-state index in [0.29, 0.717) is 11.3 Å². The minimum atomic E-state index is 0.377. The predicted octanol–water partition coefficient (Wildman–Crippen LogP) is 2.58. The second-order valence-electron chi connectivity index (χ2n) is 4.98. The molecule has 1 aliphatic heterocycles. The number of piperidine rings is 1. The number of rotatable bonds is 2. The highest BCUT2D eigenvalue weighted by Gasteiger charge is 2.40. The zero-order chi connectivity index (χ0) is 10.0. The van der Waals surface area contributed by atoms with Crippen molar-refractivity contribution in [3.05, 3.63) is 0 Å². The lowest BCUT2D eigenvalue weighted by Crippen LogP contribution is -2.45. The molecule has 1 heterocycles. The first kappa shape index (κ1) is 10.0. The number of hydrogen-bond donors (Lipinski definition) is 0. The molecule has 1 saturated carbocycles. The molecule has 2 aliphatic rings. The summed E-state index contributed by atoms with van der Waals surface area (Å²) < 4.78 is 0. The maximum Gasteiger partial charge on any atom is 0.222 e. The Labute approximate surface area is 86.7 Å². The van der Waals surface area contributed by atoms with E-state index < -0.39 is 0 Å². The minimum Gasteiger partial charge on any atom is -0.343 e. The van der Waals surface area contributed by atoms with Crippen molar-refractivity contribution in [2.75, 3.05) is 13.1 Å². The van der Waals surface area contributed by atoms with Gasteiger partial charge in [0.2, 0.25) is 5.91 Å². The van der Waals surface area contributed by atoms with E-state index in [1.54, 1.807) is 0 Å². The Bertz CT molecular complexity index is 210. The van der Waals surface area contributed by atoms with Gasteiger partial charge in [-0.2, -0.15) is 0 Å². The van der Waals surface area contributed by atoms with Crippen LogP contribution in [0.1, 0.15) is 51.9 Å². The Morgan fingerprint density at radius 2 is 1.86 bits per heavy atom. The number of nitrogens with zero attached hydrogens (tertiary/aromatic N) is 1. The third-order valence-electron chi connectivity index (χ3n) is 4.05. The highest BCUT2D eigenvalue weighted by molar-refractivity contribution is 5.76. The van der Waals surface area contributed by atoms with Crippen LogP contribution in [0.5, 0.6) is 0 Å². The molecule has 1 aliphatic carbocycles. The van der Waals surface area contributed by atoms with E-state index in [2.05, 4.69) is 11.8 Å². The van der Waals surface area contributed by atoms with Crippen molar-refractivity contribution in [1.82, 2.24) is 4.90 Å². The van der Waals surface area contributed by atoms with Gasteiger partial charge in [0.05, 0.1) is 0 Å². The van der Waals surface area contributed by atoms with Gasteiger partial charge in [-0.3, -0.25) is 4.79 Å². The number of likely N-dealkylation sites (tertiary alicyclic amines) is 1. The third kappa shape index (κ3) is 1.79. The van der Waals surface area contributed by atoms with Gasteiger partial charge in [0.25, 0.3) is 0 Å². The SMILES string of the molecule is CCCC(=O)N1CCC2(CCC2)CC1. The van der Waals surface area contributed by atoms with E-state index >= 15 is 0 Å². The second-order valence-corrected chi connectivity index (χ2v) is 4.98. The topological polar surface area (TPSA) is 20.3 Å². The highest BCUT2D eigenvalue weighted by Crippen LogP contribution is 2.48. The summed E-state index contributed by atoms with van der Waals surface area (Å²) in [6.45, 7) is 4.13. The van der Waals surface area contributed by atoms with Crippen LogP contribution in [0.25, 0.3) is 0 Å². The molecule has 14 heavy (non-hydrogen) atoms. The van der Waals surface area contributed by atoms with Gasteiger partial charge < -0.3 is 4.90 Å². The third-order valence-corrected chi connectivity index (χ3v) is 4.05. The van der Waals surface area contributed by atoms with E-state index in [9.17, 15) is 4.79 Å². The van der Waals surface area contributed by atoms with Gasteiger partial charge in [-0.25, -0.2) is 0 Å². The summed E-state index contributed by atoms with van der Waals surface area (Å²) in [5, 5.41) is 0. The number of carbonyl (C=O) groups excluding carboxylic acids is 1. The number of carbonyl (C=O) groups is 1. The maximum absolute atomic E-state index is 11.6. The molecule has 0 radical (unpaired) electrons. The smallest absolute Gasteiger partial charge is 0.222 e. The van der Waals surface area contributed by atoms with Crippen LogP contribution in [0.4, 0.5) is 0 Å². The van der Waals surface area contributed by atoms with E-state index in [1.165, 1.54) is 32.1 Å². The lowest BCUT2D eigenvalue weighted by Gasteiger charge is -2.48. The molecule has 2 heteroatoms. The largest absolute Gasteiger partial charge is 0.343 e. The number of hydrogen-bond acceptors (Lipinski definition) is 1. The van der Waals surface area contributed by atoms with Gasteiger partial charge in [0.15, 0.2) is 0 Å². The first-order chi connectivity index (χ1) is 6.76. The van der Waals surface area contributed by atoms with Gasteiger partial charge in [-0.1, -0.05) is 13.3 Å². The van der Waals surface area contributed by atoms with E-state index in [4.69, 9.17) is 0 Å². The molecule has 1 spiro atoms. The fourth-order valence-electron chi connectivity index (χ4n) is 2.78. The van der Waals surface area contributed by atoms with Crippen molar-refractivity contribution in [3.63, 3.8) is 0 Å². The molecule has 0 N–H and O–H groups in total. The molecule has 1 saturated heterocycles. The predicted molar refractivity (Wildman–Crippen MR) is 57.0 cm³/mol. The molecule has 80 valence electrons. The van der Waals surface area contributed by atoms with Crippen LogP contribution in [0.15, 0.2) is 0 Å². The number of amides is 1. The molecule has 0 aromatic carbocycles. The maximum atomic E-state index is 11.6. The molecule has 1 amide bonds. The van der Waals surface area contributed by atoms with Crippen LogP contribution in [0, 0.1) is 5.41 Å². The highest BCUT2D eigenvalue weighted by atomic mass is 16.2. The average Bonchev–Trinajstić information content (AvgIpc) is 2.16. The van der Waals surface area contributed by atoms with Gasteiger partial charge in [-0.15, -0.1) is 0 Å². The molecule has 2 rings (SSSR count).